The molecule has 2 aliphatic heterocycles. The zero-order chi connectivity index (χ0) is 14.4. The molecular formula is C14H10B2F2O3. The highest BCUT2D eigenvalue weighted by atomic mass is 19.1. The second-order valence-corrected chi connectivity index (χ2v) is 5.11. The zero-order valence-corrected chi connectivity index (χ0v) is 11.0. The number of fused-ring (bicyclic) bond motifs is 2. The van der Waals surface area contributed by atoms with Crippen LogP contribution >= 0.6 is 0 Å². The van der Waals surface area contributed by atoms with Crippen molar-refractivity contribution < 1.29 is 22.7 Å². The van der Waals surface area contributed by atoms with Crippen LogP contribution in [0, 0.1) is 11.6 Å². The highest BCUT2D eigenvalue weighted by molar-refractivity contribution is 6.75. The van der Waals surface area contributed by atoms with Gasteiger partial charge in [0.15, 0.2) is 0 Å². The van der Waals surface area contributed by atoms with Crippen LogP contribution in [-0.2, 0) is 27.1 Å². The van der Waals surface area contributed by atoms with Crippen LogP contribution in [0.15, 0.2) is 36.4 Å². The van der Waals surface area contributed by atoms with Crippen molar-refractivity contribution in [3.63, 3.8) is 0 Å². The highest BCUT2D eigenvalue weighted by Gasteiger charge is 2.39. The van der Waals surface area contributed by atoms with Gasteiger partial charge in [-0.15, -0.1) is 0 Å². The number of benzene rings is 2. The molecule has 0 spiro atoms. The SMILES string of the molecule is Fc1ccc2c(c1)COB2OB1OCc2cc(F)ccc21. The number of halogens is 2. The molecule has 21 heavy (non-hydrogen) atoms. The van der Waals surface area contributed by atoms with Gasteiger partial charge in [0, 0.05) is 0 Å². The maximum Gasteiger partial charge on any atom is 0.481 e. The average Bonchev–Trinajstić information content (AvgIpc) is 3.03. The van der Waals surface area contributed by atoms with Gasteiger partial charge in [0.1, 0.15) is 11.6 Å². The van der Waals surface area contributed by atoms with Gasteiger partial charge in [0.05, 0.1) is 13.2 Å². The molecule has 2 aromatic rings. The van der Waals surface area contributed by atoms with Gasteiger partial charge in [-0.3, -0.25) is 0 Å². The summed E-state index contributed by atoms with van der Waals surface area (Å²) < 4.78 is 43.2. The lowest BCUT2D eigenvalue weighted by molar-refractivity contribution is 0.238. The van der Waals surface area contributed by atoms with Gasteiger partial charge in [0.2, 0.25) is 0 Å². The molecule has 0 aliphatic carbocycles. The van der Waals surface area contributed by atoms with Crippen molar-refractivity contribution in [2.24, 2.45) is 0 Å². The fourth-order valence-electron chi connectivity index (χ4n) is 2.71. The molecule has 104 valence electrons. The Balaban J connectivity index is 1.57. The molecule has 0 N–H and O–H groups in total. The first-order chi connectivity index (χ1) is 10.2. The summed E-state index contributed by atoms with van der Waals surface area (Å²) in [5.41, 5.74) is 3.15. The standard InChI is InChI=1S/C14H10B2F2O3/c17-11-1-3-13-9(5-11)7-19-15(13)21-16-14-4-2-12(18)6-10(14)8-20-16/h1-6H,7-8H2. The summed E-state index contributed by atoms with van der Waals surface area (Å²) in [5.74, 6) is -0.591. The van der Waals surface area contributed by atoms with Gasteiger partial charge in [-0.25, -0.2) is 8.78 Å². The van der Waals surface area contributed by atoms with E-state index in [1.165, 1.54) is 24.3 Å². The van der Waals surface area contributed by atoms with Crippen LogP contribution in [0.1, 0.15) is 11.1 Å². The predicted molar refractivity (Wildman–Crippen MR) is 74.2 cm³/mol. The van der Waals surface area contributed by atoms with Crippen LogP contribution in [-0.4, -0.2) is 14.2 Å². The predicted octanol–water partition coefficient (Wildman–Crippen LogP) is 1.13. The molecule has 0 saturated carbocycles. The van der Waals surface area contributed by atoms with E-state index in [4.69, 9.17) is 13.9 Å². The monoisotopic (exact) mass is 286 g/mol. The molecule has 4 rings (SSSR count). The average molecular weight is 286 g/mol. The minimum atomic E-state index is -0.596. The Labute approximate surface area is 121 Å². The van der Waals surface area contributed by atoms with E-state index >= 15 is 0 Å². The minimum absolute atomic E-state index is 0.295. The molecule has 7 heteroatoms. The van der Waals surface area contributed by atoms with E-state index < -0.39 is 14.2 Å². The summed E-state index contributed by atoms with van der Waals surface area (Å²) in [6, 6.07) is 8.95. The Hall–Kier alpha value is -1.69. The van der Waals surface area contributed by atoms with Crippen molar-refractivity contribution in [2.45, 2.75) is 13.2 Å². The molecule has 0 fully saturated rings. The van der Waals surface area contributed by atoms with Crippen LogP contribution in [0.5, 0.6) is 0 Å². The Morgan fingerprint density at radius 3 is 1.76 bits per heavy atom. The number of hydrogen-bond acceptors (Lipinski definition) is 3. The van der Waals surface area contributed by atoms with Crippen molar-refractivity contribution in [1.82, 2.24) is 0 Å². The van der Waals surface area contributed by atoms with Crippen LogP contribution < -0.4 is 10.9 Å². The molecule has 0 bridgehead atoms. The maximum absolute atomic E-state index is 13.2. The molecule has 2 aromatic carbocycles. The minimum Gasteiger partial charge on any atom is -0.443 e. The summed E-state index contributed by atoms with van der Waals surface area (Å²) in [6.45, 7) is 0.613. The lowest BCUT2D eigenvalue weighted by Gasteiger charge is -2.12. The molecule has 0 amide bonds. The molecule has 0 aromatic heterocycles. The number of hydrogen-bond donors (Lipinski definition) is 0. The summed E-state index contributed by atoms with van der Waals surface area (Å²) in [7, 11) is -1.19. The highest BCUT2D eigenvalue weighted by Crippen LogP contribution is 2.17. The Morgan fingerprint density at radius 1 is 0.810 bits per heavy atom. The summed E-state index contributed by atoms with van der Waals surface area (Å²) in [4.78, 5) is 0. The van der Waals surface area contributed by atoms with E-state index in [9.17, 15) is 8.78 Å². The van der Waals surface area contributed by atoms with E-state index in [-0.39, 0.29) is 11.6 Å². The van der Waals surface area contributed by atoms with Crippen LogP contribution in [0.4, 0.5) is 8.78 Å². The van der Waals surface area contributed by atoms with Crippen molar-refractivity contribution in [3.05, 3.63) is 59.2 Å². The van der Waals surface area contributed by atoms with Crippen LogP contribution in [0.25, 0.3) is 0 Å². The molecule has 2 aliphatic rings. The fraction of sp³-hybridized carbons (Fsp3) is 0.143. The molecule has 0 unspecified atom stereocenters. The van der Waals surface area contributed by atoms with Gasteiger partial charge in [0.25, 0.3) is 0 Å². The summed E-state index contributed by atoms with van der Waals surface area (Å²) >= 11 is 0. The molecule has 2 heterocycles. The van der Waals surface area contributed by atoms with E-state index in [0.717, 1.165) is 22.1 Å². The third-order valence-corrected chi connectivity index (χ3v) is 3.75. The van der Waals surface area contributed by atoms with Crippen molar-refractivity contribution >= 4 is 25.2 Å². The first-order valence-electron chi connectivity index (χ1n) is 6.66. The maximum atomic E-state index is 13.2. The van der Waals surface area contributed by atoms with E-state index in [2.05, 4.69) is 0 Å². The van der Waals surface area contributed by atoms with E-state index in [0.29, 0.717) is 13.2 Å². The normalized spacial score (nSPS) is 16.3. The van der Waals surface area contributed by atoms with Gasteiger partial charge < -0.3 is 13.9 Å². The van der Waals surface area contributed by atoms with Crippen LogP contribution in [0.3, 0.4) is 0 Å². The lowest BCUT2D eigenvalue weighted by Crippen LogP contribution is -2.43. The topological polar surface area (TPSA) is 27.7 Å². The smallest absolute Gasteiger partial charge is 0.443 e. The van der Waals surface area contributed by atoms with Gasteiger partial charge in [-0.2, -0.15) is 0 Å². The van der Waals surface area contributed by atoms with Crippen molar-refractivity contribution in [3.8, 4) is 0 Å². The largest absolute Gasteiger partial charge is 0.481 e. The zero-order valence-electron chi connectivity index (χ0n) is 11.0. The quantitative estimate of drug-likeness (QED) is 0.775. The van der Waals surface area contributed by atoms with Crippen molar-refractivity contribution in [1.29, 1.82) is 0 Å². The Morgan fingerprint density at radius 2 is 1.29 bits per heavy atom. The summed E-state index contributed by atoms with van der Waals surface area (Å²) in [5, 5.41) is 0. The molecule has 0 saturated heterocycles. The number of rotatable bonds is 2. The second kappa shape index (κ2) is 4.94. The third kappa shape index (κ3) is 2.27. The van der Waals surface area contributed by atoms with Gasteiger partial charge in [-0.1, -0.05) is 12.1 Å². The third-order valence-electron chi connectivity index (χ3n) is 3.75. The Bertz CT molecular complexity index is 651. The lowest BCUT2D eigenvalue weighted by atomic mass is 9.71. The molecule has 0 radical (unpaired) electrons. The Kier molecular flexibility index (Phi) is 3.06. The molecule has 3 nitrogen and oxygen atoms in total. The second-order valence-electron chi connectivity index (χ2n) is 5.11. The van der Waals surface area contributed by atoms with Gasteiger partial charge in [-0.05, 0) is 46.3 Å². The first-order valence-corrected chi connectivity index (χ1v) is 6.66. The van der Waals surface area contributed by atoms with Gasteiger partial charge >= 0.3 is 14.2 Å². The fourth-order valence-corrected chi connectivity index (χ4v) is 2.71. The van der Waals surface area contributed by atoms with E-state index in [1.54, 1.807) is 12.1 Å². The van der Waals surface area contributed by atoms with Crippen LogP contribution in [0.2, 0.25) is 0 Å². The molecular weight excluding hydrogens is 276 g/mol. The van der Waals surface area contributed by atoms with Crippen molar-refractivity contribution in [2.75, 3.05) is 0 Å². The summed E-state index contributed by atoms with van der Waals surface area (Å²) in [6.07, 6.45) is 0. The van der Waals surface area contributed by atoms with E-state index in [1.807, 2.05) is 0 Å². The molecule has 0 atom stereocenters. The first kappa shape index (κ1) is 13.0.